The van der Waals surface area contributed by atoms with Crippen LogP contribution in [-0.4, -0.2) is 25.9 Å². The van der Waals surface area contributed by atoms with E-state index in [4.69, 9.17) is 0 Å². The van der Waals surface area contributed by atoms with Gasteiger partial charge < -0.3 is 5.32 Å². The Morgan fingerprint density at radius 1 is 1.04 bits per heavy atom. The summed E-state index contributed by atoms with van der Waals surface area (Å²) in [7, 11) is 0. The molecule has 0 atom stereocenters. The second-order valence-corrected chi connectivity index (χ2v) is 5.93. The third-order valence-electron chi connectivity index (χ3n) is 4.01. The molecule has 6 heteroatoms. The highest BCUT2D eigenvalue weighted by molar-refractivity contribution is 6.04. The summed E-state index contributed by atoms with van der Waals surface area (Å²) in [6.07, 6.45) is 1.75. The fourth-order valence-electron chi connectivity index (χ4n) is 2.79. The lowest BCUT2D eigenvalue weighted by Crippen LogP contribution is -2.13. The molecule has 0 bridgehead atoms. The third-order valence-corrected chi connectivity index (χ3v) is 4.01. The number of aromatic nitrogens is 4. The van der Waals surface area contributed by atoms with E-state index in [1.165, 1.54) is 0 Å². The van der Waals surface area contributed by atoms with Crippen LogP contribution in [0, 0.1) is 6.92 Å². The SMILES string of the molecule is Cc1cc(NC(=O)c2cccc(-n3nccc3-c3ccccc3)c2)n[nH]1. The number of aromatic amines is 1. The number of aryl methyl sites for hydroxylation is 1. The first-order valence-corrected chi connectivity index (χ1v) is 8.24. The Labute approximate surface area is 150 Å². The Bertz CT molecular complexity index is 1050. The van der Waals surface area contributed by atoms with Crippen LogP contribution < -0.4 is 5.32 Å². The minimum Gasteiger partial charge on any atom is -0.305 e. The van der Waals surface area contributed by atoms with Crippen molar-refractivity contribution in [2.24, 2.45) is 0 Å². The van der Waals surface area contributed by atoms with Crippen molar-refractivity contribution < 1.29 is 4.79 Å². The molecule has 26 heavy (non-hydrogen) atoms. The van der Waals surface area contributed by atoms with Crippen molar-refractivity contribution in [2.45, 2.75) is 6.92 Å². The Kier molecular flexibility index (Phi) is 4.07. The molecule has 128 valence electrons. The molecule has 4 aromatic rings. The molecule has 0 aliphatic carbocycles. The highest BCUT2D eigenvalue weighted by Gasteiger charge is 2.12. The number of anilines is 1. The van der Waals surface area contributed by atoms with Crippen molar-refractivity contribution in [1.82, 2.24) is 20.0 Å². The van der Waals surface area contributed by atoms with Crippen molar-refractivity contribution >= 4 is 11.7 Å². The zero-order valence-corrected chi connectivity index (χ0v) is 14.2. The minimum atomic E-state index is -0.216. The molecule has 0 radical (unpaired) electrons. The molecular formula is C20H17N5O. The zero-order chi connectivity index (χ0) is 17.9. The van der Waals surface area contributed by atoms with Crippen LogP contribution in [0.5, 0.6) is 0 Å². The summed E-state index contributed by atoms with van der Waals surface area (Å²) in [5.41, 5.74) is 4.27. The first-order valence-electron chi connectivity index (χ1n) is 8.24. The predicted molar refractivity (Wildman–Crippen MR) is 100 cm³/mol. The van der Waals surface area contributed by atoms with E-state index in [1.807, 2.05) is 66.2 Å². The Morgan fingerprint density at radius 3 is 2.65 bits per heavy atom. The fraction of sp³-hybridized carbons (Fsp3) is 0.0500. The molecule has 0 aliphatic rings. The second kappa shape index (κ2) is 6.68. The number of carbonyl (C=O) groups is 1. The predicted octanol–water partition coefficient (Wildman–Crippen LogP) is 3.82. The van der Waals surface area contributed by atoms with Crippen LogP contribution in [0.4, 0.5) is 5.82 Å². The fourth-order valence-corrected chi connectivity index (χ4v) is 2.79. The smallest absolute Gasteiger partial charge is 0.256 e. The van der Waals surface area contributed by atoms with E-state index in [9.17, 15) is 4.79 Å². The van der Waals surface area contributed by atoms with Gasteiger partial charge in [0.1, 0.15) is 0 Å². The highest BCUT2D eigenvalue weighted by atomic mass is 16.1. The maximum Gasteiger partial charge on any atom is 0.256 e. The number of carbonyl (C=O) groups excluding carboxylic acids is 1. The molecule has 4 rings (SSSR count). The number of hydrogen-bond donors (Lipinski definition) is 2. The van der Waals surface area contributed by atoms with E-state index in [-0.39, 0.29) is 5.91 Å². The van der Waals surface area contributed by atoms with Crippen LogP contribution >= 0.6 is 0 Å². The summed E-state index contributed by atoms with van der Waals surface area (Å²) in [5, 5.41) is 14.0. The lowest BCUT2D eigenvalue weighted by molar-refractivity contribution is 0.102. The van der Waals surface area contributed by atoms with Gasteiger partial charge in [-0.3, -0.25) is 9.89 Å². The van der Waals surface area contributed by atoms with Gasteiger partial charge in [-0.15, -0.1) is 0 Å². The molecule has 0 aliphatic heterocycles. The summed E-state index contributed by atoms with van der Waals surface area (Å²) < 4.78 is 1.82. The lowest BCUT2D eigenvalue weighted by Gasteiger charge is -2.09. The Morgan fingerprint density at radius 2 is 1.88 bits per heavy atom. The molecule has 6 nitrogen and oxygen atoms in total. The Balaban J connectivity index is 1.65. The molecule has 0 saturated heterocycles. The normalized spacial score (nSPS) is 10.7. The number of H-pyrrole nitrogens is 1. The van der Waals surface area contributed by atoms with Gasteiger partial charge in [0.05, 0.1) is 17.6 Å². The monoisotopic (exact) mass is 343 g/mol. The summed E-state index contributed by atoms with van der Waals surface area (Å²) in [4.78, 5) is 12.5. The molecular weight excluding hydrogens is 326 g/mol. The van der Waals surface area contributed by atoms with Crippen LogP contribution in [0.1, 0.15) is 16.1 Å². The summed E-state index contributed by atoms with van der Waals surface area (Å²) in [6, 6.07) is 21.1. The van der Waals surface area contributed by atoms with Crippen LogP contribution in [0.3, 0.4) is 0 Å². The standard InChI is InChI=1S/C20H17N5O/c1-14-12-19(24-23-14)22-20(26)16-8-5-9-17(13-16)25-18(10-11-21-25)15-6-3-2-4-7-15/h2-13H,1H3,(H2,22,23,24,26). The molecule has 1 amide bonds. The topological polar surface area (TPSA) is 75.6 Å². The van der Waals surface area contributed by atoms with Gasteiger partial charge in [0.15, 0.2) is 5.82 Å². The van der Waals surface area contributed by atoms with Crippen molar-refractivity contribution in [2.75, 3.05) is 5.32 Å². The molecule has 0 fully saturated rings. The minimum absolute atomic E-state index is 0.216. The largest absolute Gasteiger partial charge is 0.305 e. The van der Waals surface area contributed by atoms with Gasteiger partial charge in [0.25, 0.3) is 5.91 Å². The van der Waals surface area contributed by atoms with E-state index in [0.717, 1.165) is 22.6 Å². The molecule has 0 saturated carbocycles. The van der Waals surface area contributed by atoms with Crippen LogP contribution in [0.15, 0.2) is 72.9 Å². The van der Waals surface area contributed by atoms with Crippen molar-refractivity contribution in [3.8, 4) is 16.9 Å². The maximum atomic E-state index is 12.5. The quantitative estimate of drug-likeness (QED) is 0.591. The van der Waals surface area contributed by atoms with Gasteiger partial charge in [-0.05, 0) is 31.2 Å². The van der Waals surface area contributed by atoms with E-state index in [2.05, 4.69) is 20.6 Å². The van der Waals surface area contributed by atoms with Crippen molar-refractivity contribution in [3.05, 3.63) is 84.2 Å². The molecule has 0 spiro atoms. The number of benzene rings is 2. The number of nitrogens with zero attached hydrogens (tertiary/aromatic N) is 3. The van der Waals surface area contributed by atoms with Crippen LogP contribution in [0.25, 0.3) is 16.9 Å². The number of nitrogens with one attached hydrogen (secondary N) is 2. The third kappa shape index (κ3) is 3.12. The molecule has 2 heterocycles. The molecule has 2 aromatic heterocycles. The van der Waals surface area contributed by atoms with Gasteiger partial charge >= 0.3 is 0 Å². The van der Waals surface area contributed by atoms with Crippen molar-refractivity contribution in [1.29, 1.82) is 0 Å². The summed E-state index contributed by atoms with van der Waals surface area (Å²) in [5.74, 6) is 0.286. The van der Waals surface area contributed by atoms with Gasteiger partial charge in [-0.2, -0.15) is 10.2 Å². The molecule has 2 aromatic carbocycles. The maximum absolute atomic E-state index is 12.5. The molecule has 0 unspecified atom stereocenters. The highest BCUT2D eigenvalue weighted by Crippen LogP contribution is 2.22. The first kappa shape index (κ1) is 15.8. The van der Waals surface area contributed by atoms with E-state index >= 15 is 0 Å². The first-order chi connectivity index (χ1) is 12.7. The number of amides is 1. The zero-order valence-electron chi connectivity index (χ0n) is 14.2. The molecule has 2 N–H and O–H groups in total. The number of rotatable bonds is 4. The second-order valence-electron chi connectivity index (χ2n) is 5.93. The lowest BCUT2D eigenvalue weighted by atomic mass is 10.1. The summed E-state index contributed by atoms with van der Waals surface area (Å²) >= 11 is 0. The number of hydrogen-bond acceptors (Lipinski definition) is 3. The summed E-state index contributed by atoms with van der Waals surface area (Å²) in [6.45, 7) is 1.88. The Hall–Kier alpha value is -3.67. The average Bonchev–Trinajstić information content (AvgIpc) is 3.32. The van der Waals surface area contributed by atoms with Crippen LogP contribution in [-0.2, 0) is 0 Å². The van der Waals surface area contributed by atoms with Gasteiger partial charge in [0.2, 0.25) is 0 Å². The van der Waals surface area contributed by atoms with Crippen molar-refractivity contribution in [3.63, 3.8) is 0 Å². The average molecular weight is 343 g/mol. The van der Waals surface area contributed by atoms with E-state index < -0.39 is 0 Å². The van der Waals surface area contributed by atoms with Crippen LogP contribution in [0.2, 0.25) is 0 Å². The van der Waals surface area contributed by atoms with Gasteiger partial charge in [-0.1, -0.05) is 36.4 Å². The van der Waals surface area contributed by atoms with Gasteiger partial charge in [-0.25, -0.2) is 4.68 Å². The van der Waals surface area contributed by atoms with E-state index in [1.54, 1.807) is 18.3 Å². The van der Waals surface area contributed by atoms with Gasteiger partial charge in [0, 0.05) is 22.9 Å². The van der Waals surface area contributed by atoms with E-state index in [0.29, 0.717) is 11.4 Å².